The zero-order chi connectivity index (χ0) is 8.81. The number of nitrogens with zero attached hydrogens (tertiary/aromatic N) is 1. The molecule has 1 aromatic rings. The molecule has 4 heteroatoms. The predicted molar refractivity (Wildman–Crippen MR) is 56.0 cm³/mol. The third kappa shape index (κ3) is 3.99. The van der Waals surface area contributed by atoms with Crippen molar-refractivity contribution in [3.8, 4) is 0 Å². The van der Waals surface area contributed by atoms with Crippen LogP contribution in [0.5, 0.6) is 0 Å². The SMILES string of the molecule is CC(C)NSSc1ccccn1. The van der Waals surface area contributed by atoms with Crippen molar-refractivity contribution in [2.45, 2.75) is 24.9 Å². The third-order valence-electron chi connectivity index (χ3n) is 1.05. The topological polar surface area (TPSA) is 24.9 Å². The van der Waals surface area contributed by atoms with E-state index in [4.69, 9.17) is 0 Å². The minimum atomic E-state index is 0.506. The Bertz CT molecular complexity index is 214. The number of nitrogens with one attached hydrogen (secondary N) is 1. The lowest BCUT2D eigenvalue weighted by molar-refractivity contribution is 0.775. The molecule has 0 bridgehead atoms. The van der Waals surface area contributed by atoms with Gasteiger partial charge in [0, 0.05) is 12.2 Å². The summed E-state index contributed by atoms with van der Waals surface area (Å²) in [4.78, 5) is 4.18. The molecule has 12 heavy (non-hydrogen) atoms. The molecule has 0 saturated heterocycles. The highest BCUT2D eigenvalue weighted by atomic mass is 33.1. The summed E-state index contributed by atoms with van der Waals surface area (Å²) in [5.41, 5.74) is 0. The van der Waals surface area contributed by atoms with Gasteiger partial charge >= 0.3 is 0 Å². The molecule has 1 heterocycles. The van der Waals surface area contributed by atoms with Crippen molar-refractivity contribution >= 4 is 21.8 Å². The van der Waals surface area contributed by atoms with Crippen LogP contribution in [-0.4, -0.2) is 11.0 Å². The van der Waals surface area contributed by atoms with Crippen LogP contribution in [0, 0.1) is 0 Å². The van der Waals surface area contributed by atoms with Gasteiger partial charge < -0.3 is 0 Å². The summed E-state index contributed by atoms with van der Waals surface area (Å²) >= 11 is 0. The van der Waals surface area contributed by atoms with Gasteiger partial charge in [-0.3, -0.25) is 4.72 Å². The molecule has 0 aliphatic rings. The van der Waals surface area contributed by atoms with E-state index in [1.54, 1.807) is 28.0 Å². The van der Waals surface area contributed by atoms with Gasteiger partial charge in [-0.1, -0.05) is 6.07 Å². The Kier molecular flexibility index (Phi) is 4.50. The van der Waals surface area contributed by atoms with Crippen molar-refractivity contribution in [1.82, 2.24) is 9.71 Å². The highest BCUT2D eigenvalue weighted by Gasteiger charge is 1.95. The molecule has 0 fully saturated rings. The van der Waals surface area contributed by atoms with E-state index in [2.05, 4.69) is 23.6 Å². The van der Waals surface area contributed by atoms with Crippen molar-refractivity contribution < 1.29 is 0 Å². The molecule has 0 aromatic carbocycles. The van der Waals surface area contributed by atoms with E-state index >= 15 is 0 Å². The summed E-state index contributed by atoms with van der Waals surface area (Å²) in [6.07, 6.45) is 1.80. The monoisotopic (exact) mass is 200 g/mol. The third-order valence-corrected chi connectivity index (χ3v) is 3.16. The zero-order valence-corrected chi connectivity index (χ0v) is 8.78. The van der Waals surface area contributed by atoms with E-state index in [-0.39, 0.29) is 0 Å². The molecule has 0 saturated carbocycles. The summed E-state index contributed by atoms with van der Waals surface area (Å²) in [5.74, 6) is 0. The number of hydrogen-bond acceptors (Lipinski definition) is 4. The van der Waals surface area contributed by atoms with Gasteiger partial charge in [-0.2, -0.15) is 0 Å². The molecule has 0 radical (unpaired) electrons. The second-order valence-corrected chi connectivity index (χ2v) is 4.59. The zero-order valence-electron chi connectivity index (χ0n) is 7.15. The van der Waals surface area contributed by atoms with Gasteiger partial charge in [0.15, 0.2) is 0 Å². The fraction of sp³-hybridized carbons (Fsp3) is 0.375. The van der Waals surface area contributed by atoms with Crippen LogP contribution in [0.4, 0.5) is 0 Å². The molecule has 66 valence electrons. The molecule has 2 nitrogen and oxygen atoms in total. The van der Waals surface area contributed by atoms with Crippen molar-refractivity contribution in [2.75, 3.05) is 0 Å². The minimum absolute atomic E-state index is 0.506. The largest absolute Gasteiger partial charge is 0.252 e. The summed E-state index contributed by atoms with van der Waals surface area (Å²) < 4.78 is 3.23. The first kappa shape index (κ1) is 9.89. The molecule has 0 atom stereocenters. The van der Waals surface area contributed by atoms with Crippen LogP contribution in [0.15, 0.2) is 29.4 Å². The van der Waals surface area contributed by atoms with Gasteiger partial charge in [0.1, 0.15) is 5.03 Å². The van der Waals surface area contributed by atoms with Crippen LogP contribution < -0.4 is 4.72 Å². The fourth-order valence-electron chi connectivity index (χ4n) is 0.559. The van der Waals surface area contributed by atoms with Gasteiger partial charge in [-0.25, -0.2) is 4.98 Å². The smallest absolute Gasteiger partial charge is 0.108 e. The van der Waals surface area contributed by atoms with Crippen LogP contribution in [0.2, 0.25) is 0 Å². The van der Waals surface area contributed by atoms with E-state index in [9.17, 15) is 0 Å². The molecule has 0 aliphatic carbocycles. The maximum Gasteiger partial charge on any atom is 0.108 e. The number of hydrogen-bond donors (Lipinski definition) is 1. The Balaban J connectivity index is 2.25. The van der Waals surface area contributed by atoms with Crippen LogP contribution in [0.25, 0.3) is 0 Å². The summed E-state index contributed by atoms with van der Waals surface area (Å²) in [6, 6.07) is 6.42. The Labute approximate surface area is 81.1 Å². The lowest BCUT2D eigenvalue weighted by atomic mass is 10.4. The molecule has 0 amide bonds. The van der Waals surface area contributed by atoms with Crippen LogP contribution in [-0.2, 0) is 0 Å². The lowest BCUT2D eigenvalue weighted by Gasteiger charge is -2.04. The Hall–Kier alpha value is -0.190. The predicted octanol–water partition coefficient (Wildman–Crippen LogP) is 2.73. The molecule has 0 unspecified atom stereocenters. The fourth-order valence-corrected chi connectivity index (χ4v) is 2.40. The normalized spacial score (nSPS) is 10.6. The van der Waals surface area contributed by atoms with E-state index in [0.29, 0.717) is 6.04 Å². The molecule has 0 spiro atoms. The number of pyridine rings is 1. The van der Waals surface area contributed by atoms with Gasteiger partial charge in [-0.05, 0) is 47.8 Å². The molecule has 1 rings (SSSR count). The minimum Gasteiger partial charge on any atom is -0.252 e. The molecular formula is C8H12N2S2. The second-order valence-electron chi connectivity index (χ2n) is 2.61. The van der Waals surface area contributed by atoms with Gasteiger partial charge in [0.2, 0.25) is 0 Å². The van der Waals surface area contributed by atoms with Crippen LogP contribution in [0.3, 0.4) is 0 Å². The Morgan fingerprint density at radius 3 is 2.83 bits per heavy atom. The van der Waals surface area contributed by atoms with Gasteiger partial charge in [0.05, 0.1) is 0 Å². The Morgan fingerprint density at radius 2 is 2.25 bits per heavy atom. The lowest BCUT2D eigenvalue weighted by Crippen LogP contribution is -2.12. The molecular weight excluding hydrogens is 188 g/mol. The standard InChI is InChI=1S/C8H12N2S2/c1-7(2)10-12-11-8-5-3-4-6-9-8/h3-7,10H,1-2H3. The molecule has 1 aromatic heterocycles. The number of rotatable bonds is 4. The van der Waals surface area contributed by atoms with Crippen LogP contribution >= 0.6 is 21.8 Å². The average Bonchev–Trinajstić information content (AvgIpc) is 2.05. The van der Waals surface area contributed by atoms with E-state index in [1.165, 1.54) is 0 Å². The van der Waals surface area contributed by atoms with Crippen molar-refractivity contribution in [1.29, 1.82) is 0 Å². The Morgan fingerprint density at radius 1 is 1.42 bits per heavy atom. The molecule has 1 N–H and O–H groups in total. The summed E-state index contributed by atoms with van der Waals surface area (Å²) in [5, 5.41) is 1.04. The quantitative estimate of drug-likeness (QED) is 0.597. The van der Waals surface area contributed by atoms with Gasteiger partial charge in [0.25, 0.3) is 0 Å². The molecule has 0 aliphatic heterocycles. The van der Waals surface area contributed by atoms with Crippen molar-refractivity contribution in [2.24, 2.45) is 0 Å². The van der Waals surface area contributed by atoms with Crippen molar-refractivity contribution in [3.63, 3.8) is 0 Å². The summed E-state index contributed by atoms with van der Waals surface area (Å²) in [7, 11) is 3.26. The second kappa shape index (κ2) is 5.45. The first-order valence-corrected chi connectivity index (χ1v) is 5.94. The first-order chi connectivity index (χ1) is 5.79. The maximum atomic E-state index is 4.18. The first-order valence-electron chi connectivity index (χ1n) is 3.79. The number of aromatic nitrogens is 1. The van der Waals surface area contributed by atoms with E-state index in [0.717, 1.165) is 5.03 Å². The van der Waals surface area contributed by atoms with Crippen LogP contribution in [0.1, 0.15) is 13.8 Å². The average molecular weight is 200 g/mol. The van der Waals surface area contributed by atoms with Gasteiger partial charge in [-0.15, -0.1) is 0 Å². The highest BCUT2D eigenvalue weighted by molar-refractivity contribution is 8.76. The maximum absolute atomic E-state index is 4.18. The van der Waals surface area contributed by atoms with E-state index < -0.39 is 0 Å². The summed E-state index contributed by atoms with van der Waals surface area (Å²) in [6.45, 7) is 4.23. The van der Waals surface area contributed by atoms with Crippen molar-refractivity contribution in [3.05, 3.63) is 24.4 Å². The highest BCUT2D eigenvalue weighted by Crippen LogP contribution is 2.26. The van der Waals surface area contributed by atoms with E-state index in [1.807, 2.05) is 18.2 Å².